The highest BCUT2D eigenvalue weighted by atomic mass is 127. The van der Waals surface area contributed by atoms with E-state index >= 15 is 0 Å². The number of halogens is 1. The van der Waals surface area contributed by atoms with Crippen LogP contribution in [-0.4, -0.2) is 21.1 Å². The Bertz CT molecular complexity index is 857. The first-order valence-corrected chi connectivity index (χ1v) is 8.65. The summed E-state index contributed by atoms with van der Waals surface area (Å²) in [5, 5.41) is 11.2. The number of nitrogens with zero attached hydrogens (tertiary/aromatic N) is 2. The Hall–Kier alpha value is -1.96. The van der Waals surface area contributed by atoms with E-state index in [1.165, 1.54) is 0 Å². The molecule has 2 aromatic heterocycles. The molecular weight excluding hydrogens is 403 g/mol. The summed E-state index contributed by atoms with van der Waals surface area (Å²) in [6, 6.07) is 11.5. The molecule has 2 N–H and O–H groups in total. The zero-order valence-electron chi connectivity index (χ0n) is 12.3. The van der Waals surface area contributed by atoms with Gasteiger partial charge in [-0.15, -0.1) is 0 Å². The predicted molar refractivity (Wildman–Crippen MR) is 97.1 cm³/mol. The molecule has 2 heterocycles. The Labute approximate surface area is 147 Å². The minimum absolute atomic E-state index is 0.0176. The van der Waals surface area contributed by atoms with E-state index in [0.29, 0.717) is 5.92 Å². The first-order valence-electron chi connectivity index (χ1n) is 7.58. The summed E-state index contributed by atoms with van der Waals surface area (Å²) >= 11 is 2.21. The summed E-state index contributed by atoms with van der Waals surface area (Å²) in [5.41, 5.74) is 2.55. The van der Waals surface area contributed by atoms with Gasteiger partial charge in [0.1, 0.15) is 3.70 Å². The van der Waals surface area contributed by atoms with Crippen LogP contribution < -0.4 is 5.32 Å². The lowest BCUT2D eigenvalue weighted by Gasteiger charge is -2.15. The number of pyridine rings is 1. The molecule has 1 saturated carbocycles. The maximum absolute atomic E-state index is 12.8. The third-order valence-corrected chi connectivity index (χ3v) is 4.98. The predicted octanol–water partition coefficient (Wildman–Crippen LogP) is 3.69. The van der Waals surface area contributed by atoms with Crippen molar-refractivity contribution < 1.29 is 4.79 Å². The van der Waals surface area contributed by atoms with Gasteiger partial charge in [-0.2, -0.15) is 5.10 Å². The molecule has 1 fully saturated rings. The Morgan fingerprint density at radius 1 is 1.30 bits per heavy atom. The van der Waals surface area contributed by atoms with E-state index in [0.717, 1.165) is 38.8 Å². The molecule has 1 unspecified atom stereocenters. The van der Waals surface area contributed by atoms with Crippen LogP contribution in [0.3, 0.4) is 0 Å². The molecule has 5 nitrogen and oxygen atoms in total. The summed E-state index contributed by atoms with van der Waals surface area (Å²) in [6.07, 6.45) is 3.93. The van der Waals surface area contributed by atoms with Gasteiger partial charge in [0.2, 0.25) is 5.91 Å². The van der Waals surface area contributed by atoms with Gasteiger partial charge in [0, 0.05) is 17.3 Å². The van der Waals surface area contributed by atoms with Crippen LogP contribution in [0, 0.1) is 9.62 Å². The van der Waals surface area contributed by atoms with Crippen LogP contribution in [0.2, 0.25) is 0 Å². The number of aromatic nitrogens is 3. The van der Waals surface area contributed by atoms with E-state index in [4.69, 9.17) is 0 Å². The molecule has 1 aromatic carbocycles. The second-order valence-corrected chi connectivity index (χ2v) is 6.91. The topological polar surface area (TPSA) is 70.7 Å². The van der Waals surface area contributed by atoms with Crippen LogP contribution in [0.5, 0.6) is 0 Å². The number of H-pyrrole nitrogens is 1. The van der Waals surface area contributed by atoms with Crippen LogP contribution in [-0.2, 0) is 4.79 Å². The van der Waals surface area contributed by atoms with Gasteiger partial charge in [0.05, 0.1) is 17.1 Å². The molecule has 0 saturated heterocycles. The number of anilines is 1. The standard InChI is InChI=1S/C17H15IN4O/c18-16-12-9-11(6-7-13(12)21-22-16)20-17(23)15(10-4-5-10)14-3-1-2-8-19-14/h1-3,6-10,15H,4-5H2,(H,20,23)(H,21,22). The molecule has 3 aromatic rings. The van der Waals surface area contributed by atoms with Crippen molar-refractivity contribution >= 4 is 45.1 Å². The van der Waals surface area contributed by atoms with Gasteiger partial charge < -0.3 is 5.32 Å². The third-order valence-electron chi connectivity index (χ3n) is 4.16. The Balaban J connectivity index is 1.60. The van der Waals surface area contributed by atoms with Crippen molar-refractivity contribution in [2.24, 2.45) is 5.92 Å². The van der Waals surface area contributed by atoms with Crippen molar-refractivity contribution in [1.82, 2.24) is 15.2 Å². The van der Waals surface area contributed by atoms with Gasteiger partial charge in [-0.1, -0.05) is 6.07 Å². The van der Waals surface area contributed by atoms with Crippen LogP contribution in [0.4, 0.5) is 5.69 Å². The molecule has 1 amide bonds. The Morgan fingerprint density at radius 3 is 2.91 bits per heavy atom. The average Bonchev–Trinajstić information content (AvgIpc) is 3.33. The smallest absolute Gasteiger partial charge is 0.233 e. The van der Waals surface area contributed by atoms with Crippen LogP contribution >= 0.6 is 22.6 Å². The molecular formula is C17H15IN4O. The van der Waals surface area contributed by atoms with Crippen molar-refractivity contribution in [2.45, 2.75) is 18.8 Å². The molecule has 6 heteroatoms. The highest BCUT2D eigenvalue weighted by Crippen LogP contribution is 2.42. The highest BCUT2D eigenvalue weighted by Gasteiger charge is 2.38. The fourth-order valence-electron chi connectivity index (χ4n) is 2.86. The number of fused-ring (bicyclic) bond motifs is 1. The van der Waals surface area contributed by atoms with E-state index < -0.39 is 0 Å². The number of hydrogen-bond donors (Lipinski definition) is 2. The SMILES string of the molecule is O=C(Nc1ccc2n[nH]c(I)c2c1)C(c1ccccn1)C1CC1. The molecule has 0 aliphatic heterocycles. The van der Waals surface area contributed by atoms with E-state index in [1.807, 2.05) is 36.4 Å². The van der Waals surface area contributed by atoms with Crippen LogP contribution in [0.25, 0.3) is 10.9 Å². The van der Waals surface area contributed by atoms with Gasteiger partial charge in [0.15, 0.2) is 0 Å². The van der Waals surface area contributed by atoms with Crippen molar-refractivity contribution in [2.75, 3.05) is 5.32 Å². The molecule has 1 aliphatic rings. The van der Waals surface area contributed by atoms with Crippen molar-refractivity contribution in [1.29, 1.82) is 0 Å². The average molecular weight is 418 g/mol. The molecule has 1 atom stereocenters. The minimum Gasteiger partial charge on any atom is -0.325 e. The van der Waals surface area contributed by atoms with E-state index in [1.54, 1.807) is 6.20 Å². The largest absolute Gasteiger partial charge is 0.325 e. The van der Waals surface area contributed by atoms with Crippen LogP contribution in [0.15, 0.2) is 42.6 Å². The summed E-state index contributed by atoms with van der Waals surface area (Å²) in [6.45, 7) is 0. The lowest BCUT2D eigenvalue weighted by molar-refractivity contribution is -0.118. The number of benzene rings is 1. The molecule has 0 radical (unpaired) electrons. The normalized spacial score (nSPS) is 15.5. The fraction of sp³-hybridized carbons (Fsp3) is 0.235. The summed E-state index contributed by atoms with van der Waals surface area (Å²) < 4.78 is 0.970. The second kappa shape index (κ2) is 5.92. The number of carbonyl (C=O) groups is 1. The highest BCUT2D eigenvalue weighted by molar-refractivity contribution is 14.1. The van der Waals surface area contributed by atoms with Crippen molar-refractivity contribution in [3.8, 4) is 0 Å². The van der Waals surface area contributed by atoms with Gasteiger partial charge in [0.25, 0.3) is 0 Å². The number of hydrogen-bond acceptors (Lipinski definition) is 3. The quantitative estimate of drug-likeness (QED) is 0.635. The monoisotopic (exact) mass is 418 g/mol. The zero-order valence-corrected chi connectivity index (χ0v) is 14.4. The maximum atomic E-state index is 12.8. The van der Waals surface area contributed by atoms with Crippen LogP contribution in [0.1, 0.15) is 24.5 Å². The summed E-state index contributed by atoms with van der Waals surface area (Å²) in [5.74, 6) is 0.252. The van der Waals surface area contributed by atoms with E-state index in [9.17, 15) is 4.79 Å². The van der Waals surface area contributed by atoms with Gasteiger partial charge >= 0.3 is 0 Å². The number of amides is 1. The van der Waals surface area contributed by atoms with Gasteiger partial charge in [-0.05, 0) is 71.7 Å². The zero-order chi connectivity index (χ0) is 15.8. The van der Waals surface area contributed by atoms with Gasteiger partial charge in [-0.3, -0.25) is 14.9 Å². The molecule has 0 spiro atoms. The van der Waals surface area contributed by atoms with Crippen molar-refractivity contribution in [3.63, 3.8) is 0 Å². The summed E-state index contributed by atoms with van der Waals surface area (Å²) in [4.78, 5) is 17.2. The number of carbonyl (C=O) groups excluding carboxylic acids is 1. The molecule has 23 heavy (non-hydrogen) atoms. The second-order valence-electron chi connectivity index (χ2n) is 5.83. The van der Waals surface area contributed by atoms with Gasteiger partial charge in [-0.25, -0.2) is 0 Å². The van der Waals surface area contributed by atoms with Crippen molar-refractivity contribution in [3.05, 3.63) is 52.0 Å². The summed E-state index contributed by atoms with van der Waals surface area (Å²) in [7, 11) is 0. The maximum Gasteiger partial charge on any atom is 0.233 e. The molecule has 4 rings (SSSR count). The fourth-order valence-corrected chi connectivity index (χ4v) is 3.41. The number of aromatic amines is 1. The molecule has 1 aliphatic carbocycles. The molecule has 0 bridgehead atoms. The number of nitrogens with one attached hydrogen (secondary N) is 2. The number of rotatable bonds is 4. The Morgan fingerprint density at radius 2 is 2.17 bits per heavy atom. The lowest BCUT2D eigenvalue weighted by Crippen LogP contribution is -2.23. The van der Waals surface area contributed by atoms with E-state index in [-0.39, 0.29) is 11.8 Å². The first-order chi connectivity index (χ1) is 11.2. The lowest BCUT2D eigenvalue weighted by atomic mass is 9.97. The minimum atomic E-state index is -0.171. The van der Waals surface area contributed by atoms with E-state index in [2.05, 4.69) is 43.1 Å². The third kappa shape index (κ3) is 2.95. The molecule has 116 valence electrons. The first kappa shape index (κ1) is 14.6. The Kier molecular flexibility index (Phi) is 3.76.